The molecule has 1 fully saturated rings. The summed E-state index contributed by atoms with van der Waals surface area (Å²) >= 11 is 5.63. The molecule has 1 heterocycles. The topological polar surface area (TPSA) is 0 Å². The second-order valence-corrected chi connectivity index (χ2v) is 7.06. The molecule has 14 heavy (non-hydrogen) atoms. The van der Waals surface area contributed by atoms with Crippen LogP contribution in [0.3, 0.4) is 0 Å². The maximum atomic E-state index is 3.74. The molecular weight excluding hydrogens is 256 g/mol. The van der Waals surface area contributed by atoms with Gasteiger partial charge in [-0.15, -0.1) is 11.3 Å². The number of thiophene rings is 1. The van der Waals surface area contributed by atoms with Gasteiger partial charge in [0, 0.05) is 9.70 Å². The number of rotatable bonds is 3. The Morgan fingerprint density at radius 1 is 1.64 bits per heavy atom. The average Bonchev–Trinajstić information content (AvgIpc) is 2.73. The second kappa shape index (κ2) is 4.36. The molecular formula is C12H17BrS. The highest BCUT2D eigenvalue weighted by molar-refractivity contribution is 9.09. The molecule has 0 amide bonds. The fourth-order valence-corrected chi connectivity index (χ4v) is 4.07. The van der Waals surface area contributed by atoms with Crippen LogP contribution in [0.5, 0.6) is 0 Å². The van der Waals surface area contributed by atoms with E-state index in [1.54, 1.807) is 4.88 Å². The van der Waals surface area contributed by atoms with E-state index < -0.39 is 0 Å². The largest absolute Gasteiger partial charge is 0.149 e. The standard InChI is InChI=1S/C12H17BrS/c1-12(6-4-10(13)9-12)7-5-11-3-2-8-14-11/h2-3,8,10H,4-7,9H2,1H3. The third-order valence-corrected chi connectivity index (χ3v) is 5.05. The molecule has 0 spiro atoms. The molecule has 0 bridgehead atoms. The lowest BCUT2D eigenvalue weighted by atomic mass is 9.84. The van der Waals surface area contributed by atoms with Crippen molar-refractivity contribution >= 4 is 27.3 Å². The van der Waals surface area contributed by atoms with Gasteiger partial charge in [0.2, 0.25) is 0 Å². The molecule has 2 atom stereocenters. The van der Waals surface area contributed by atoms with Gasteiger partial charge in [-0.25, -0.2) is 0 Å². The number of halogens is 1. The molecule has 0 radical (unpaired) electrons. The minimum Gasteiger partial charge on any atom is -0.149 e. The van der Waals surface area contributed by atoms with Gasteiger partial charge in [-0.3, -0.25) is 0 Å². The number of hydrogen-bond donors (Lipinski definition) is 0. The summed E-state index contributed by atoms with van der Waals surface area (Å²) in [7, 11) is 0. The van der Waals surface area contributed by atoms with Crippen molar-refractivity contribution in [3.63, 3.8) is 0 Å². The van der Waals surface area contributed by atoms with E-state index in [-0.39, 0.29) is 0 Å². The summed E-state index contributed by atoms with van der Waals surface area (Å²) in [5.41, 5.74) is 0.595. The minimum absolute atomic E-state index is 0.595. The molecule has 1 saturated carbocycles. The number of alkyl halides is 1. The molecule has 78 valence electrons. The highest BCUT2D eigenvalue weighted by Crippen LogP contribution is 2.44. The van der Waals surface area contributed by atoms with Crippen LogP contribution in [0.25, 0.3) is 0 Å². The van der Waals surface area contributed by atoms with E-state index in [1.165, 1.54) is 32.1 Å². The molecule has 0 N–H and O–H groups in total. The molecule has 0 saturated heterocycles. The minimum atomic E-state index is 0.595. The zero-order valence-electron chi connectivity index (χ0n) is 8.63. The molecule has 2 rings (SSSR count). The first kappa shape index (κ1) is 10.7. The van der Waals surface area contributed by atoms with Gasteiger partial charge in [-0.1, -0.05) is 28.9 Å². The predicted octanol–water partition coefficient (Wildman–Crippen LogP) is 4.63. The molecule has 1 aliphatic carbocycles. The van der Waals surface area contributed by atoms with Gasteiger partial charge in [-0.05, 0) is 49.0 Å². The predicted molar refractivity (Wildman–Crippen MR) is 67.3 cm³/mol. The maximum Gasteiger partial charge on any atom is 0.0151 e. The van der Waals surface area contributed by atoms with Gasteiger partial charge in [0.25, 0.3) is 0 Å². The Hall–Kier alpha value is 0.180. The summed E-state index contributed by atoms with van der Waals surface area (Å²) in [4.78, 5) is 2.32. The van der Waals surface area contributed by atoms with Crippen LogP contribution in [0.1, 0.15) is 37.5 Å². The second-order valence-electron chi connectivity index (χ2n) is 4.73. The van der Waals surface area contributed by atoms with E-state index in [2.05, 4.69) is 40.4 Å². The van der Waals surface area contributed by atoms with Crippen LogP contribution in [0.2, 0.25) is 0 Å². The van der Waals surface area contributed by atoms with E-state index >= 15 is 0 Å². The monoisotopic (exact) mass is 272 g/mol. The highest BCUT2D eigenvalue weighted by Gasteiger charge is 2.33. The Balaban J connectivity index is 1.86. The van der Waals surface area contributed by atoms with Crippen molar-refractivity contribution in [3.8, 4) is 0 Å². The van der Waals surface area contributed by atoms with E-state index in [0.717, 1.165) is 4.83 Å². The third kappa shape index (κ3) is 2.60. The van der Waals surface area contributed by atoms with Gasteiger partial charge in [0.1, 0.15) is 0 Å². The van der Waals surface area contributed by atoms with Crippen LogP contribution >= 0.6 is 27.3 Å². The summed E-state index contributed by atoms with van der Waals surface area (Å²) in [5, 5.41) is 2.18. The normalized spacial score (nSPS) is 32.3. The summed E-state index contributed by atoms with van der Waals surface area (Å²) in [5.74, 6) is 0. The lowest BCUT2D eigenvalue weighted by Crippen LogP contribution is -2.12. The summed E-state index contributed by atoms with van der Waals surface area (Å²) in [6, 6.07) is 4.42. The molecule has 2 unspecified atom stereocenters. The molecule has 1 aromatic heterocycles. The summed E-state index contributed by atoms with van der Waals surface area (Å²) < 4.78 is 0. The van der Waals surface area contributed by atoms with Crippen LogP contribution in [-0.4, -0.2) is 4.83 Å². The van der Waals surface area contributed by atoms with Crippen molar-refractivity contribution < 1.29 is 0 Å². The van der Waals surface area contributed by atoms with Crippen molar-refractivity contribution in [3.05, 3.63) is 22.4 Å². The molecule has 0 nitrogen and oxygen atoms in total. The van der Waals surface area contributed by atoms with Crippen molar-refractivity contribution in [1.29, 1.82) is 0 Å². The van der Waals surface area contributed by atoms with Crippen molar-refractivity contribution in [1.82, 2.24) is 0 Å². The van der Waals surface area contributed by atoms with Crippen LogP contribution < -0.4 is 0 Å². The van der Waals surface area contributed by atoms with E-state index in [9.17, 15) is 0 Å². The SMILES string of the molecule is CC1(CCc2cccs2)CCC(Br)C1. The zero-order valence-corrected chi connectivity index (χ0v) is 11.0. The Bertz CT molecular complexity index is 281. The number of aryl methyl sites for hydroxylation is 1. The first-order valence-corrected chi connectivity index (χ1v) is 7.14. The Kier molecular flexibility index (Phi) is 3.33. The molecule has 1 aliphatic rings. The van der Waals surface area contributed by atoms with Crippen molar-refractivity contribution in [2.75, 3.05) is 0 Å². The lowest BCUT2D eigenvalue weighted by molar-refractivity contribution is 0.311. The van der Waals surface area contributed by atoms with Crippen LogP contribution in [0.4, 0.5) is 0 Å². The maximum absolute atomic E-state index is 3.74. The molecule has 1 aromatic rings. The van der Waals surface area contributed by atoms with Gasteiger partial charge >= 0.3 is 0 Å². The lowest BCUT2D eigenvalue weighted by Gasteiger charge is -2.23. The first-order valence-electron chi connectivity index (χ1n) is 5.34. The molecule has 2 heteroatoms. The van der Waals surface area contributed by atoms with E-state index in [0.29, 0.717) is 5.41 Å². The smallest absolute Gasteiger partial charge is 0.0151 e. The van der Waals surface area contributed by atoms with Crippen LogP contribution in [-0.2, 0) is 6.42 Å². The van der Waals surface area contributed by atoms with Crippen molar-refractivity contribution in [2.24, 2.45) is 5.41 Å². The fourth-order valence-electron chi connectivity index (χ4n) is 2.35. The average molecular weight is 273 g/mol. The molecule has 0 aliphatic heterocycles. The zero-order chi connectivity index (χ0) is 10.0. The third-order valence-electron chi connectivity index (χ3n) is 3.33. The van der Waals surface area contributed by atoms with Crippen molar-refractivity contribution in [2.45, 2.75) is 43.9 Å². The molecule has 0 aromatic carbocycles. The van der Waals surface area contributed by atoms with Crippen LogP contribution in [0.15, 0.2) is 17.5 Å². The number of hydrogen-bond acceptors (Lipinski definition) is 1. The van der Waals surface area contributed by atoms with E-state index in [1.807, 2.05) is 11.3 Å². The summed E-state index contributed by atoms with van der Waals surface area (Å²) in [6.45, 7) is 2.45. The fraction of sp³-hybridized carbons (Fsp3) is 0.667. The quantitative estimate of drug-likeness (QED) is 0.704. The van der Waals surface area contributed by atoms with Gasteiger partial charge < -0.3 is 0 Å². The summed E-state index contributed by atoms with van der Waals surface area (Å²) in [6.07, 6.45) is 6.75. The Labute approximate surface area is 98.9 Å². The van der Waals surface area contributed by atoms with Gasteiger partial charge in [-0.2, -0.15) is 0 Å². The Morgan fingerprint density at radius 2 is 2.50 bits per heavy atom. The van der Waals surface area contributed by atoms with Gasteiger partial charge in [0.05, 0.1) is 0 Å². The first-order chi connectivity index (χ1) is 6.68. The highest BCUT2D eigenvalue weighted by atomic mass is 79.9. The van der Waals surface area contributed by atoms with Gasteiger partial charge in [0.15, 0.2) is 0 Å². The Morgan fingerprint density at radius 3 is 3.07 bits per heavy atom. The van der Waals surface area contributed by atoms with Crippen LogP contribution in [0, 0.1) is 5.41 Å². The van der Waals surface area contributed by atoms with E-state index in [4.69, 9.17) is 0 Å².